The van der Waals surface area contributed by atoms with Crippen molar-refractivity contribution in [1.29, 1.82) is 0 Å². The molecule has 0 aliphatic rings. The second-order valence-corrected chi connectivity index (χ2v) is 7.14. The molecule has 21 heavy (non-hydrogen) atoms. The van der Waals surface area contributed by atoms with Gasteiger partial charge in [0.1, 0.15) is 10.0 Å². The number of para-hydroxylation sites is 1. The average molecular weight is 326 g/mol. The number of nitrogens with zero attached hydrogens (tertiary/aromatic N) is 2. The molecule has 0 saturated carbocycles. The second kappa shape index (κ2) is 5.52. The summed E-state index contributed by atoms with van der Waals surface area (Å²) in [6.45, 7) is 0. The van der Waals surface area contributed by atoms with Gasteiger partial charge in [0.05, 0.1) is 15.9 Å². The Morgan fingerprint density at radius 3 is 2.76 bits per heavy atom. The first-order chi connectivity index (χ1) is 10.4. The molecular formula is C16H10N2S3. The van der Waals surface area contributed by atoms with Gasteiger partial charge in [0.25, 0.3) is 0 Å². The lowest BCUT2D eigenvalue weighted by Crippen LogP contribution is -1.73. The average Bonchev–Trinajstić information content (AvgIpc) is 3.23. The van der Waals surface area contributed by atoms with Crippen molar-refractivity contribution in [1.82, 2.24) is 9.97 Å². The monoisotopic (exact) mass is 326 g/mol. The Labute approximate surface area is 134 Å². The van der Waals surface area contributed by atoms with Gasteiger partial charge in [-0.2, -0.15) is 11.3 Å². The minimum absolute atomic E-state index is 0.987. The van der Waals surface area contributed by atoms with Crippen LogP contribution in [0.2, 0.25) is 0 Å². The molecule has 1 aromatic carbocycles. The Morgan fingerprint density at radius 2 is 1.90 bits per heavy atom. The summed E-state index contributed by atoms with van der Waals surface area (Å²) in [5.41, 5.74) is 3.24. The lowest BCUT2D eigenvalue weighted by atomic mass is 10.3. The zero-order valence-electron chi connectivity index (χ0n) is 10.9. The van der Waals surface area contributed by atoms with Gasteiger partial charge in [-0.15, -0.1) is 22.7 Å². The fourth-order valence-electron chi connectivity index (χ4n) is 2.00. The maximum atomic E-state index is 4.64. The van der Waals surface area contributed by atoms with Crippen LogP contribution >= 0.6 is 34.0 Å². The van der Waals surface area contributed by atoms with Crippen LogP contribution in [0.3, 0.4) is 0 Å². The van der Waals surface area contributed by atoms with Crippen LogP contribution in [0.15, 0.2) is 46.5 Å². The molecule has 3 heterocycles. The van der Waals surface area contributed by atoms with Gasteiger partial charge in [0.2, 0.25) is 0 Å². The molecule has 3 aromatic heterocycles. The minimum atomic E-state index is 0.987. The van der Waals surface area contributed by atoms with E-state index in [-0.39, 0.29) is 0 Å². The third kappa shape index (κ3) is 2.68. The van der Waals surface area contributed by atoms with Gasteiger partial charge >= 0.3 is 0 Å². The van der Waals surface area contributed by atoms with Gasteiger partial charge < -0.3 is 0 Å². The predicted octanol–water partition coefficient (Wildman–Crippen LogP) is 5.65. The third-order valence-electron chi connectivity index (χ3n) is 3.00. The maximum absolute atomic E-state index is 4.64. The molecule has 4 aromatic rings. The lowest BCUT2D eigenvalue weighted by molar-refractivity contribution is 1.38. The Morgan fingerprint density at radius 1 is 0.952 bits per heavy atom. The van der Waals surface area contributed by atoms with Gasteiger partial charge in [0.15, 0.2) is 0 Å². The molecule has 0 unspecified atom stereocenters. The molecule has 0 aliphatic heterocycles. The highest BCUT2D eigenvalue weighted by Crippen LogP contribution is 2.27. The third-order valence-corrected chi connectivity index (χ3v) is 5.59. The maximum Gasteiger partial charge on any atom is 0.124 e. The lowest BCUT2D eigenvalue weighted by Gasteiger charge is -1.86. The Balaban J connectivity index is 1.60. The standard InChI is InChI=1S/C16H10N2S3/c1-2-4-14-13(3-1)18-15(21-14)6-5-12-10-20-16(17-12)11-7-8-19-9-11/h1-10H/b6-5+. The first kappa shape index (κ1) is 12.9. The number of benzene rings is 1. The quantitative estimate of drug-likeness (QED) is 0.486. The number of thiophene rings is 1. The van der Waals surface area contributed by atoms with Crippen molar-refractivity contribution in [3.8, 4) is 10.6 Å². The van der Waals surface area contributed by atoms with E-state index in [0.717, 1.165) is 21.2 Å². The minimum Gasteiger partial charge on any atom is -0.237 e. The van der Waals surface area contributed by atoms with Gasteiger partial charge in [-0.05, 0) is 35.7 Å². The van der Waals surface area contributed by atoms with Gasteiger partial charge in [0, 0.05) is 16.3 Å². The van der Waals surface area contributed by atoms with E-state index in [0.29, 0.717) is 0 Å². The van der Waals surface area contributed by atoms with Crippen molar-refractivity contribution < 1.29 is 0 Å². The molecular weight excluding hydrogens is 316 g/mol. The molecule has 0 atom stereocenters. The van der Waals surface area contributed by atoms with Crippen molar-refractivity contribution >= 4 is 56.4 Å². The van der Waals surface area contributed by atoms with Gasteiger partial charge in [-0.3, -0.25) is 0 Å². The van der Waals surface area contributed by atoms with Crippen LogP contribution in [-0.2, 0) is 0 Å². The van der Waals surface area contributed by atoms with E-state index in [9.17, 15) is 0 Å². The first-order valence-electron chi connectivity index (χ1n) is 6.40. The van der Waals surface area contributed by atoms with E-state index < -0.39 is 0 Å². The number of fused-ring (bicyclic) bond motifs is 1. The molecule has 0 amide bonds. The molecule has 0 bridgehead atoms. The van der Waals surface area contributed by atoms with Crippen molar-refractivity contribution in [3.63, 3.8) is 0 Å². The second-order valence-electron chi connectivity index (χ2n) is 4.44. The van der Waals surface area contributed by atoms with Gasteiger partial charge in [-0.1, -0.05) is 12.1 Å². The smallest absolute Gasteiger partial charge is 0.124 e. The Bertz CT molecular complexity index is 868. The Hall–Kier alpha value is -1.82. The van der Waals surface area contributed by atoms with Crippen molar-refractivity contribution in [2.45, 2.75) is 0 Å². The molecule has 0 fully saturated rings. The number of thiazole rings is 2. The highest BCUT2D eigenvalue weighted by atomic mass is 32.1. The summed E-state index contributed by atoms with van der Waals surface area (Å²) in [5.74, 6) is 0. The molecule has 2 nitrogen and oxygen atoms in total. The van der Waals surface area contributed by atoms with Crippen LogP contribution < -0.4 is 0 Å². The first-order valence-corrected chi connectivity index (χ1v) is 9.04. The predicted molar refractivity (Wildman–Crippen MR) is 94.0 cm³/mol. The topological polar surface area (TPSA) is 25.8 Å². The highest BCUT2D eigenvalue weighted by Gasteiger charge is 2.04. The summed E-state index contributed by atoms with van der Waals surface area (Å²) < 4.78 is 1.22. The van der Waals surface area contributed by atoms with E-state index in [1.807, 2.05) is 30.4 Å². The van der Waals surface area contributed by atoms with E-state index >= 15 is 0 Å². The number of rotatable bonds is 3. The summed E-state index contributed by atoms with van der Waals surface area (Å²) in [7, 11) is 0. The summed E-state index contributed by atoms with van der Waals surface area (Å²) in [5, 5.41) is 8.37. The normalized spacial score (nSPS) is 11.6. The van der Waals surface area contributed by atoms with Crippen LogP contribution in [0.1, 0.15) is 10.7 Å². The molecule has 0 radical (unpaired) electrons. The van der Waals surface area contributed by atoms with Crippen molar-refractivity contribution in [3.05, 3.63) is 57.2 Å². The van der Waals surface area contributed by atoms with Crippen molar-refractivity contribution in [2.75, 3.05) is 0 Å². The van der Waals surface area contributed by atoms with Crippen LogP contribution in [0.4, 0.5) is 0 Å². The molecule has 0 spiro atoms. The number of hydrogen-bond donors (Lipinski definition) is 0. The molecule has 0 N–H and O–H groups in total. The summed E-state index contributed by atoms with van der Waals surface area (Å²) in [4.78, 5) is 9.23. The Kier molecular flexibility index (Phi) is 3.39. The largest absolute Gasteiger partial charge is 0.237 e. The van der Waals surface area contributed by atoms with Crippen LogP contribution in [0, 0.1) is 0 Å². The van der Waals surface area contributed by atoms with E-state index in [1.54, 1.807) is 34.0 Å². The number of aromatic nitrogens is 2. The highest BCUT2D eigenvalue weighted by molar-refractivity contribution is 7.19. The van der Waals surface area contributed by atoms with Crippen LogP contribution in [0.25, 0.3) is 32.9 Å². The number of hydrogen-bond acceptors (Lipinski definition) is 5. The fourth-order valence-corrected chi connectivity index (χ4v) is 4.37. The van der Waals surface area contributed by atoms with Gasteiger partial charge in [-0.25, -0.2) is 9.97 Å². The molecule has 0 saturated heterocycles. The summed E-state index contributed by atoms with van der Waals surface area (Å²) >= 11 is 5.07. The molecule has 102 valence electrons. The molecule has 0 aliphatic carbocycles. The van der Waals surface area contributed by atoms with E-state index in [2.05, 4.69) is 38.2 Å². The van der Waals surface area contributed by atoms with Crippen LogP contribution in [-0.4, -0.2) is 9.97 Å². The SMILES string of the molecule is C(=C\c1nc2ccccc2s1)/c1csc(-c2ccsc2)n1. The summed E-state index contributed by atoms with van der Waals surface area (Å²) in [6, 6.07) is 10.3. The van der Waals surface area contributed by atoms with E-state index in [4.69, 9.17) is 0 Å². The van der Waals surface area contributed by atoms with Crippen LogP contribution in [0.5, 0.6) is 0 Å². The van der Waals surface area contributed by atoms with Crippen molar-refractivity contribution in [2.24, 2.45) is 0 Å². The fraction of sp³-hybridized carbons (Fsp3) is 0. The molecule has 5 heteroatoms. The summed E-state index contributed by atoms with van der Waals surface area (Å²) in [6.07, 6.45) is 4.07. The zero-order valence-corrected chi connectivity index (χ0v) is 13.3. The van der Waals surface area contributed by atoms with E-state index in [1.165, 1.54) is 10.3 Å². The zero-order chi connectivity index (χ0) is 14.1. The molecule has 4 rings (SSSR count).